The molecule has 0 amide bonds. The molecule has 0 saturated carbocycles. The van der Waals surface area contributed by atoms with Gasteiger partial charge in [-0.15, -0.1) is 0 Å². The Labute approximate surface area is 98.2 Å². The minimum Gasteiger partial charge on any atom is -0.383 e. The molecule has 0 spiro atoms. The molecule has 0 radical (unpaired) electrons. The molecular weight excluding hydrogens is 224 g/mol. The molecule has 0 aliphatic carbocycles. The summed E-state index contributed by atoms with van der Waals surface area (Å²) in [5, 5.41) is 22.5. The van der Waals surface area contributed by atoms with E-state index in [0.29, 0.717) is 6.61 Å². The van der Waals surface area contributed by atoms with Gasteiger partial charge in [0.2, 0.25) is 5.82 Å². The van der Waals surface area contributed by atoms with E-state index in [2.05, 4.69) is 10.3 Å². The van der Waals surface area contributed by atoms with Gasteiger partial charge in [0, 0.05) is 19.3 Å². The fourth-order valence-corrected chi connectivity index (χ4v) is 1.36. The van der Waals surface area contributed by atoms with Crippen LogP contribution in [0.1, 0.15) is 12.5 Å². The minimum absolute atomic E-state index is 0.0166. The van der Waals surface area contributed by atoms with Crippen LogP contribution >= 0.6 is 0 Å². The number of nitrogens with zero attached hydrogens (tertiary/aromatic N) is 3. The predicted molar refractivity (Wildman–Crippen MR) is 60.6 cm³/mol. The van der Waals surface area contributed by atoms with Gasteiger partial charge in [-0.25, -0.2) is 4.98 Å². The van der Waals surface area contributed by atoms with E-state index in [0.717, 1.165) is 0 Å². The third kappa shape index (κ3) is 3.12. The summed E-state index contributed by atoms with van der Waals surface area (Å²) in [5.74, 6) is 0.0820. The van der Waals surface area contributed by atoms with Gasteiger partial charge in [0.15, 0.2) is 0 Å². The van der Waals surface area contributed by atoms with Crippen LogP contribution in [0.15, 0.2) is 12.3 Å². The van der Waals surface area contributed by atoms with Gasteiger partial charge in [0.25, 0.3) is 0 Å². The van der Waals surface area contributed by atoms with E-state index >= 15 is 0 Å². The standard InChI is InChI=1S/C10H12N4O3/c1-7(6-17-2)13-10-9(14(15)16)8(5-11)3-4-12-10/h3-4,7H,6H2,1-2H3,(H,12,13). The van der Waals surface area contributed by atoms with Crippen molar-refractivity contribution < 1.29 is 9.66 Å². The summed E-state index contributed by atoms with van der Waals surface area (Å²) in [5.41, 5.74) is -0.324. The minimum atomic E-state index is -0.618. The average Bonchev–Trinajstić information content (AvgIpc) is 2.28. The molecule has 1 unspecified atom stereocenters. The second-order valence-corrected chi connectivity index (χ2v) is 3.43. The maximum absolute atomic E-state index is 10.9. The molecule has 1 atom stereocenters. The molecular formula is C10H12N4O3. The van der Waals surface area contributed by atoms with Crippen molar-refractivity contribution in [1.29, 1.82) is 5.26 Å². The van der Waals surface area contributed by atoms with Crippen LogP contribution in [0.4, 0.5) is 11.5 Å². The molecule has 0 aromatic carbocycles. The van der Waals surface area contributed by atoms with E-state index in [1.807, 2.05) is 0 Å². The largest absolute Gasteiger partial charge is 0.383 e. The quantitative estimate of drug-likeness (QED) is 0.610. The van der Waals surface area contributed by atoms with Crippen molar-refractivity contribution in [2.75, 3.05) is 19.0 Å². The lowest BCUT2D eigenvalue weighted by molar-refractivity contribution is -0.384. The summed E-state index contributed by atoms with van der Waals surface area (Å²) >= 11 is 0. The Bertz CT molecular complexity index is 455. The zero-order valence-corrected chi connectivity index (χ0v) is 9.51. The van der Waals surface area contributed by atoms with Crippen LogP contribution < -0.4 is 5.32 Å². The molecule has 1 aromatic heterocycles. The number of pyridine rings is 1. The molecule has 7 heteroatoms. The maximum Gasteiger partial charge on any atom is 0.328 e. The van der Waals surface area contributed by atoms with Gasteiger partial charge in [0.05, 0.1) is 11.5 Å². The number of aromatic nitrogens is 1. The highest BCUT2D eigenvalue weighted by molar-refractivity contribution is 5.64. The predicted octanol–water partition coefficient (Wildman–Crippen LogP) is 1.31. The molecule has 7 nitrogen and oxygen atoms in total. The fourth-order valence-electron chi connectivity index (χ4n) is 1.36. The SMILES string of the molecule is COCC(C)Nc1nccc(C#N)c1[N+](=O)[O-]. The molecule has 0 aliphatic rings. The zero-order valence-electron chi connectivity index (χ0n) is 9.51. The van der Waals surface area contributed by atoms with E-state index < -0.39 is 4.92 Å². The Morgan fingerprint density at radius 2 is 2.47 bits per heavy atom. The van der Waals surface area contributed by atoms with Crippen LogP contribution in [-0.4, -0.2) is 29.7 Å². The summed E-state index contributed by atoms with van der Waals surface area (Å²) in [7, 11) is 1.53. The number of hydrogen-bond donors (Lipinski definition) is 1. The van der Waals surface area contributed by atoms with Crippen LogP contribution in [0.3, 0.4) is 0 Å². The number of ether oxygens (including phenoxy) is 1. The Morgan fingerprint density at radius 3 is 3.00 bits per heavy atom. The summed E-state index contributed by atoms with van der Waals surface area (Å²) in [6, 6.07) is 2.94. The molecule has 1 rings (SSSR count). The third-order valence-corrected chi connectivity index (χ3v) is 2.03. The Hall–Kier alpha value is -2.20. The lowest BCUT2D eigenvalue weighted by atomic mass is 10.2. The van der Waals surface area contributed by atoms with Crippen molar-refractivity contribution in [1.82, 2.24) is 4.98 Å². The average molecular weight is 236 g/mol. The number of anilines is 1. The third-order valence-electron chi connectivity index (χ3n) is 2.03. The molecule has 0 fully saturated rings. The first-order chi connectivity index (χ1) is 8.10. The summed E-state index contributed by atoms with van der Waals surface area (Å²) < 4.78 is 4.91. The highest BCUT2D eigenvalue weighted by atomic mass is 16.6. The van der Waals surface area contributed by atoms with Crippen LogP contribution in [-0.2, 0) is 4.74 Å². The molecule has 1 N–H and O–H groups in total. The van der Waals surface area contributed by atoms with Crippen molar-refractivity contribution in [3.63, 3.8) is 0 Å². The fraction of sp³-hybridized carbons (Fsp3) is 0.400. The number of nitro groups is 1. The van der Waals surface area contributed by atoms with Gasteiger partial charge >= 0.3 is 5.69 Å². The number of methoxy groups -OCH3 is 1. The maximum atomic E-state index is 10.9. The smallest absolute Gasteiger partial charge is 0.328 e. The van der Waals surface area contributed by atoms with Gasteiger partial charge in [-0.2, -0.15) is 5.26 Å². The first-order valence-electron chi connectivity index (χ1n) is 4.89. The van der Waals surface area contributed by atoms with Crippen LogP contribution in [0.5, 0.6) is 0 Å². The van der Waals surface area contributed by atoms with Gasteiger partial charge in [-0.3, -0.25) is 10.1 Å². The molecule has 0 bridgehead atoms. The van der Waals surface area contributed by atoms with Crippen molar-refractivity contribution >= 4 is 11.5 Å². The lowest BCUT2D eigenvalue weighted by Crippen LogP contribution is -2.22. The van der Waals surface area contributed by atoms with Crippen molar-refractivity contribution in [3.8, 4) is 6.07 Å². The second kappa shape index (κ2) is 5.77. The van der Waals surface area contributed by atoms with E-state index in [1.54, 1.807) is 13.0 Å². The van der Waals surface area contributed by atoms with Crippen molar-refractivity contribution in [2.45, 2.75) is 13.0 Å². The highest BCUT2D eigenvalue weighted by Gasteiger charge is 2.21. The summed E-state index contributed by atoms with van der Waals surface area (Å²) in [6.07, 6.45) is 1.35. The summed E-state index contributed by atoms with van der Waals surface area (Å²) in [6.45, 7) is 2.18. The second-order valence-electron chi connectivity index (χ2n) is 3.43. The molecule has 1 heterocycles. The van der Waals surface area contributed by atoms with Gasteiger partial charge in [-0.05, 0) is 13.0 Å². The first-order valence-corrected chi connectivity index (χ1v) is 4.89. The van der Waals surface area contributed by atoms with Gasteiger partial charge < -0.3 is 10.1 Å². The topological polar surface area (TPSA) is 101 Å². The molecule has 0 aliphatic heterocycles. The zero-order chi connectivity index (χ0) is 12.8. The number of rotatable bonds is 5. The first kappa shape index (κ1) is 12.9. The van der Waals surface area contributed by atoms with Crippen LogP contribution in [0.2, 0.25) is 0 Å². The Kier molecular flexibility index (Phi) is 4.37. The van der Waals surface area contributed by atoms with E-state index in [-0.39, 0.29) is 23.1 Å². The van der Waals surface area contributed by atoms with Gasteiger partial charge in [-0.1, -0.05) is 0 Å². The van der Waals surface area contributed by atoms with E-state index in [9.17, 15) is 10.1 Å². The number of nitrogens with one attached hydrogen (secondary N) is 1. The van der Waals surface area contributed by atoms with Crippen molar-refractivity contribution in [3.05, 3.63) is 27.9 Å². The van der Waals surface area contributed by atoms with Crippen LogP contribution in [0.25, 0.3) is 0 Å². The van der Waals surface area contributed by atoms with Crippen LogP contribution in [0, 0.1) is 21.4 Å². The Morgan fingerprint density at radius 1 is 1.76 bits per heavy atom. The molecule has 0 saturated heterocycles. The Balaban J connectivity index is 3.07. The molecule has 90 valence electrons. The van der Waals surface area contributed by atoms with Gasteiger partial charge in [0.1, 0.15) is 11.6 Å². The monoisotopic (exact) mass is 236 g/mol. The molecule has 1 aromatic rings. The highest BCUT2D eigenvalue weighted by Crippen LogP contribution is 2.25. The van der Waals surface area contributed by atoms with E-state index in [4.69, 9.17) is 10.00 Å². The molecule has 17 heavy (non-hydrogen) atoms. The normalized spacial score (nSPS) is 11.6. The number of hydrogen-bond acceptors (Lipinski definition) is 6. The number of nitriles is 1. The van der Waals surface area contributed by atoms with Crippen molar-refractivity contribution in [2.24, 2.45) is 0 Å². The summed E-state index contributed by atoms with van der Waals surface area (Å²) in [4.78, 5) is 14.1. The lowest BCUT2D eigenvalue weighted by Gasteiger charge is -2.13. The van der Waals surface area contributed by atoms with E-state index in [1.165, 1.54) is 19.4 Å².